The summed E-state index contributed by atoms with van der Waals surface area (Å²) in [6, 6.07) is 1.99. The minimum atomic E-state index is -0.770. The fourth-order valence-electron chi connectivity index (χ4n) is 3.56. The maximum Gasteiger partial charge on any atom is 0.318 e. The highest BCUT2D eigenvalue weighted by atomic mass is 16.6. The quantitative estimate of drug-likeness (QED) is 0.0839. The number of ether oxygens (including phenoxy) is 1. The molecule has 1 aromatic carbocycles. The molecule has 0 aromatic heterocycles. The third-order valence-corrected chi connectivity index (χ3v) is 5.35. The molecule has 0 saturated carbocycles. The molecule has 0 saturated heterocycles. The minimum Gasteiger partial charge on any atom is -0.419 e. The smallest absolute Gasteiger partial charge is 0.318 e. The van der Waals surface area contributed by atoms with Crippen LogP contribution in [0.1, 0.15) is 102 Å². The molecule has 0 radical (unpaired) electrons. The molecule has 0 N–H and O–H groups in total. The number of unbranched alkanes of at least 4 members (excludes halogenated alkanes) is 12. The monoisotopic (exact) mass is 436 g/mol. The van der Waals surface area contributed by atoms with Crippen molar-refractivity contribution in [1.82, 2.24) is 0 Å². The van der Waals surface area contributed by atoms with Crippen molar-refractivity contribution in [3.05, 3.63) is 37.9 Å². The van der Waals surface area contributed by atoms with Gasteiger partial charge in [-0.1, -0.05) is 84.0 Å². The number of esters is 1. The highest BCUT2D eigenvalue weighted by molar-refractivity contribution is 5.75. The van der Waals surface area contributed by atoms with E-state index in [4.69, 9.17) is 4.74 Å². The van der Waals surface area contributed by atoms with E-state index in [-0.39, 0.29) is 17.7 Å². The van der Waals surface area contributed by atoms with Crippen LogP contribution in [0.15, 0.2) is 12.1 Å². The fourth-order valence-corrected chi connectivity index (χ4v) is 3.56. The number of rotatable bonds is 17. The van der Waals surface area contributed by atoms with Crippen molar-refractivity contribution >= 4 is 17.3 Å². The Morgan fingerprint density at radius 3 is 1.74 bits per heavy atom. The summed E-state index contributed by atoms with van der Waals surface area (Å²) in [5.74, 6) is -0.765. The summed E-state index contributed by atoms with van der Waals surface area (Å²) in [7, 11) is 0. The highest BCUT2D eigenvalue weighted by Gasteiger charge is 2.25. The Bertz CT molecular complexity index is 720. The molecule has 0 atom stereocenters. The summed E-state index contributed by atoms with van der Waals surface area (Å²) in [6.45, 7) is 3.68. The number of nitrogens with zero attached hydrogens (tertiary/aromatic N) is 2. The summed E-state index contributed by atoms with van der Waals surface area (Å²) in [5.41, 5.74) is -0.773. The van der Waals surface area contributed by atoms with E-state index in [0.29, 0.717) is 6.42 Å². The Morgan fingerprint density at radius 1 is 0.806 bits per heavy atom. The van der Waals surface area contributed by atoms with Gasteiger partial charge in [0.15, 0.2) is 0 Å². The van der Waals surface area contributed by atoms with Crippen LogP contribution in [0.4, 0.5) is 11.4 Å². The Hall–Kier alpha value is -2.51. The minimum absolute atomic E-state index is 0.172. The Balaban J connectivity index is 2.23. The third-order valence-electron chi connectivity index (χ3n) is 5.35. The van der Waals surface area contributed by atoms with Crippen molar-refractivity contribution in [3.8, 4) is 5.75 Å². The molecule has 8 nitrogen and oxygen atoms in total. The first kappa shape index (κ1) is 26.5. The summed E-state index contributed by atoms with van der Waals surface area (Å²) < 4.78 is 5.18. The van der Waals surface area contributed by atoms with Gasteiger partial charge in [-0.25, -0.2) is 0 Å². The second kappa shape index (κ2) is 15.3. The van der Waals surface area contributed by atoms with Crippen molar-refractivity contribution in [2.45, 2.75) is 104 Å². The van der Waals surface area contributed by atoms with Crippen LogP contribution in [0.25, 0.3) is 0 Å². The van der Waals surface area contributed by atoms with Gasteiger partial charge in [-0.05, 0) is 13.3 Å². The van der Waals surface area contributed by atoms with Crippen LogP contribution in [0.2, 0.25) is 0 Å². The zero-order chi connectivity index (χ0) is 23.1. The van der Waals surface area contributed by atoms with Crippen LogP contribution in [0.3, 0.4) is 0 Å². The largest absolute Gasteiger partial charge is 0.419 e. The van der Waals surface area contributed by atoms with Crippen LogP contribution < -0.4 is 4.74 Å². The molecule has 1 rings (SSSR count). The average Bonchev–Trinajstić information content (AvgIpc) is 2.72. The molecular formula is C23H36N2O6. The number of benzene rings is 1. The van der Waals surface area contributed by atoms with E-state index in [2.05, 4.69) is 6.92 Å². The Morgan fingerprint density at radius 2 is 1.29 bits per heavy atom. The molecule has 0 heterocycles. The molecule has 0 spiro atoms. The molecule has 174 valence electrons. The number of nitro benzene ring substituents is 2. The van der Waals surface area contributed by atoms with Gasteiger partial charge in [-0.3, -0.25) is 25.0 Å². The summed E-state index contributed by atoms with van der Waals surface area (Å²) in [5, 5.41) is 22.1. The number of aryl methyl sites for hydroxylation is 1. The van der Waals surface area contributed by atoms with E-state index < -0.39 is 27.2 Å². The molecule has 1 aromatic rings. The lowest BCUT2D eigenvalue weighted by Gasteiger charge is -2.08. The molecule has 0 fully saturated rings. The number of nitro groups is 2. The first-order chi connectivity index (χ1) is 14.9. The number of hydrogen-bond acceptors (Lipinski definition) is 6. The predicted octanol–water partition coefficient (Wildman–Crippen LogP) is 7.20. The molecule has 0 amide bonds. The van der Waals surface area contributed by atoms with E-state index in [9.17, 15) is 25.0 Å². The van der Waals surface area contributed by atoms with Gasteiger partial charge in [0.1, 0.15) is 0 Å². The van der Waals surface area contributed by atoms with Gasteiger partial charge in [0.05, 0.1) is 15.9 Å². The van der Waals surface area contributed by atoms with Crippen molar-refractivity contribution < 1.29 is 19.4 Å². The maximum atomic E-state index is 12.1. The normalized spacial score (nSPS) is 10.8. The van der Waals surface area contributed by atoms with Gasteiger partial charge < -0.3 is 4.74 Å². The average molecular weight is 437 g/mol. The number of non-ortho nitro benzene ring substituents is 1. The standard InChI is InChI=1S/C23H36N2O6/c1-3-4-5-6-7-8-9-10-11-12-13-14-15-16-22(26)31-23-19(2)17-20(24(27)28)18-21(23)25(29)30/h17-18H,3-16H2,1-2H3. The lowest BCUT2D eigenvalue weighted by atomic mass is 10.0. The van der Waals surface area contributed by atoms with Crippen LogP contribution in [0, 0.1) is 27.2 Å². The van der Waals surface area contributed by atoms with Gasteiger partial charge in [-0.2, -0.15) is 0 Å². The molecule has 0 unspecified atom stereocenters. The van der Waals surface area contributed by atoms with E-state index in [1.807, 2.05) is 0 Å². The van der Waals surface area contributed by atoms with E-state index in [1.165, 1.54) is 70.8 Å². The SMILES string of the molecule is CCCCCCCCCCCCCCCC(=O)Oc1c(C)cc([N+](=O)[O-])cc1[N+](=O)[O-]. The molecule has 0 aliphatic heterocycles. The third kappa shape index (κ3) is 10.9. The van der Waals surface area contributed by atoms with E-state index >= 15 is 0 Å². The van der Waals surface area contributed by atoms with Crippen molar-refractivity contribution in [3.63, 3.8) is 0 Å². The van der Waals surface area contributed by atoms with Crippen LogP contribution in [-0.4, -0.2) is 15.8 Å². The first-order valence-corrected chi connectivity index (χ1v) is 11.5. The number of carbonyl (C=O) groups excluding carboxylic acids is 1. The fraction of sp³-hybridized carbons (Fsp3) is 0.696. The second-order valence-corrected chi connectivity index (χ2v) is 8.09. The lowest BCUT2D eigenvalue weighted by Crippen LogP contribution is -2.10. The number of hydrogen-bond donors (Lipinski definition) is 0. The molecule has 31 heavy (non-hydrogen) atoms. The summed E-state index contributed by atoms with van der Waals surface area (Å²) >= 11 is 0. The van der Waals surface area contributed by atoms with E-state index in [1.54, 1.807) is 0 Å². The maximum absolute atomic E-state index is 12.1. The molecule has 0 bridgehead atoms. The number of carbonyl (C=O) groups is 1. The van der Waals surface area contributed by atoms with Crippen molar-refractivity contribution in [2.24, 2.45) is 0 Å². The topological polar surface area (TPSA) is 113 Å². The van der Waals surface area contributed by atoms with Gasteiger partial charge in [0.2, 0.25) is 5.75 Å². The molecule has 0 aliphatic carbocycles. The Labute approximate surface area is 184 Å². The summed E-state index contributed by atoms with van der Waals surface area (Å²) in [6.07, 6.45) is 15.7. The van der Waals surface area contributed by atoms with Gasteiger partial charge >= 0.3 is 11.7 Å². The predicted molar refractivity (Wildman–Crippen MR) is 120 cm³/mol. The summed E-state index contributed by atoms with van der Waals surface area (Å²) in [4.78, 5) is 32.7. The Kier molecular flexibility index (Phi) is 13.1. The molecular weight excluding hydrogens is 400 g/mol. The first-order valence-electron chi connectivity index (χ1n) is 11.5. The van der Waals surface area contributed by atoms with E-state index in [0.717, 1.165) is 25.3 Å². The second-order valence-electron chi connectivity index (χ2n) is 8.09. The molecule has 8 heteroatoms. The van der Waals surface area contributed by atoms with Gasteiger partial charge in [-0.15, -0.1) is 0 Å². The van der Waals surface area contributed by atoms with Crippen molar-refractivity contribution in [1.29, 1.82) is 0 Å². The van der Waals surface area contributed by atoms with Crippen LogP contribution in [-0.2, 0) is 4.79 Å². The van der Waals surface area contributed by atoms with Crippen LogP contribution >= 0.6 is 0 Å². The highest BCUT2D eigenvalue weighted by Crippen LogP contribution is 2.35. The van der Waals surface area contributed by atoms with Gasteiger partial charge in [0, 0.05) is 18.1 Å². The van der Waals surface area contributed by atoms with Crippen molar-refractivity contribution in [2.75, 3.05) is 0 Å². The van der Waals surface area contributed by atoms with Gasteiger partial charge in [0.25, 0.3) is 5.69 Å². The zero-order valence-corrected chi connectivity index (χ0v) is 18.9. The lowest BCUT2D eigenvalue weighted by molar-refractivity contribution is -0.394. The zero-order valence-electron chi connectivity index (χ0n) is 18.9. The molecule has 0 aliphatic rings. The van der Waals surface area contributed by atoms with Crippen LogP contribution in [0.5, 0.6) is 5.75 Å².